The van der Waals surface area contributed by atoms with E-state index in [2.05, 4.69) is 55.4 Å². The number of fused-ring (bicyclic) bond motifs is 1. The summed E-state index contributed by atoms with van der Waals surface area (Å²) in [6, 6.07) is 12.6. The van der Waals surface area contributed by atoms with Crippen molar-refractivity contribution in [1.29, 1.82) is 0 Å². The smallest absolute Gasteiger partial charge is 0.0520 e. The van der Waals surface area contributed by atoms with Gasteiger partial charge >= 0.3 is 0 Å². The Hall–Kier alpha value is -0.510. The summed E-state index contributed by atoms with van der Waals surface area (Å²) in [7, 11) is 0. The van der Waals surface area contributed by atoms with Crippen LogP contribution in [-0.4, -0.2) is 0 Å². The Balaban J connectivity index is 1.91. The maximum atomic E-state index is 6.06. The third-order valence-corrected chi connectivity index (χ3v) is 5.14. The Kier molecular flexibility index (Phi) is 3.88. The Bertz CT molecular complexity index is 628. The van der Waals surface area contributed by atoms with Gasteiger partial charge < -0.3 is 5.32 Å². The highest BCUT2D eigenvalue weighted by Crippen LogP contribution is 2.39. The van der Waals surface area contributed by atoms with Gasteiger partial charge in [-0.15, -0.1) is 0 Å². The second-order valence-corrected chi connectivity index (χ2v) is 6.81. The Labute approximate surface area is 134 Å². The van der Waals surface area contributed by atoms with Crippen molar-refractivity contribution >= 4 is 49.1 Å². The van der Waals surface area contributed by atoms with E-state index in [1.807, 2.05) is 18.2 Å². The summed E-state index contributed by atoms with van der Waals surface area (Å²) in [5.41, 5.74) is 3.84. The van der Waals surface area contributed by atoms with Crippen molar-refractivity contribution in [3.8, 4) is 0 Å². The van der Waals surface area contributed by atoms with E-state index in [-0.39, 0.29) is 0 Å². The van der Waals surface area contributed by atoms with Crippen molar-refractivity contribution < 1.29 is 0 Å². The molecule has 1 aliphatic carbocycles. The summed E-state index contributed by atoms with van der Waals surface area (Å²) < 4.78 is 2.25. The van der Waals surface area contributed by atoms with Crippen LogP contribution in [0.5, 0.6) is 0 Å². The van der Waals surface area contributed by atoms with Crippen molar-refractivity contribution in [2.24, 2.45) is 0 Å². The molecule has 0 aromatic heterocycles. The lowest BCUT2D eigenvalue weighted by molar-refractivity contribution is 0.761. The van der Waals surface area contributed by atoms with E-state index in [0.717, 1.165) is 28.0 Å². The van der Waals surface area contributed by atoms with Crippen LogP contribution in [0.25, 0.3) is 0 Å². The van der Waals surface area contributed by atoms with E-state index in [0.29, 0.717) is 6.04 Å². The molecule has 1 unspecified atom stereocenters. The molecule has 2 aromatic rings. The van der Waals surface area contributed by atoms with Gasteiger partial charge in [0.15, 0.2) is 0 Å². The molecule has 98 valence electrons. The molecular formula is C15H12Br2ClN. The lowest BCUT2D eigenvalue weighted by atomic mass is 10.1. The van der Waals surface area contributed by atoms with E-state index in [1.54, 1.807) is 0 Å². The molecule has 0 aliphatic heterocycles. The molecule has 1 aliphatic rings. The molecule has 0 fully saturated rings. The highest BCUT2D eigenvalue weighted by Gasteiger charge is 2.24. The first kappa shape index (κ1) is 13.5. The predicted molar refractivity (Wildman–Crippen MR) is 88.0 cm³/mol. The van der Waals surface area contributed by atoms with Crippen molar-refractivity contribution in [3.05, 3.63) is 61.5 Å². The van der Waals surface area contributed by atoms with Gasteiger partial charge in [-0.1, -0.05) is 39.7 Å². The van der Waals surface area contributed by atoms with Gasteiger partial charge in [0.25, 0.3) is 0 Å². The molecule has 19 heavy (non-hydrogen) atoms. The van der Waals surface area contributed by atoms with Crippen LogP contribution in [0.4, 0.5) is 5.69 Å². The monoisotopic (exact) mass is 399 g/mol. The van der Waals surface area contributed by atoms with Crippen molar-refractivity contribution in [2.75, 3.05) is 5.32 Å². The lowest BCUT2D eigenvalue weighted by Gasteiger charge is -2.17. The molecule has 1 atom stereocenters. The number of rotatable bonds is 2. The third-order valence-electron chi connectivity index (χ3n) is 3.47. The SMILES string of the molecule is Clc1ccc(Br)c(NC2CCc3c(Br)cccc32)c1. The van der Waals surface area contributed by atoms with Crippen molar-refractivity contribution in [2.45, 2.75) is 18.9 Å². The average molecular weight is 402 g/mol. The Morgan fingerprint density at radius 1 is 1.11 bits per heavy atom. The molecule has 0 bridgehead atoms. The molecule has 1 N–H and O–H groups in total. The zero-order valence-electron chi connectivity index (χ0n) is 10.1. The Morgan fingerprint density at radius 2 is 1.95 bits per heavy atom. The summed E-state index contributed by atoms with van der Waals surface area (Å²) in [5.74, 6) is 0. The molecule has 0 saturated heterocycles. The van der Waals surface area contributed by atoms with Crippen LogP contribution in [0.3, 0.4) is 0 Å². The quantitative estimate of drug-likeness (QED) is 0.654. The van der Waals surface area contributed by atoms with Crippen molar-refractivity contribution in [1.82, 2.24) is 0 Å². The standard InChI is InChI=1S/C15H12Br2ClN/c16-12-3-1-2-11-10(12)5-7-14(11)19-15-8-9(18)4-6-13(15)17/h1-4,6,8,14,19H,5,7H2. The minimum atomic E-state index is 0.349. The molecule has 0 radical (unpaired) electrons. The Morgan fingerprint density at radius 3 is 2.79 bits per heavy atom. The van der Waals surface area contributed by atoms with Crippen LogP contribution >= 0.6 is 43.5 Å². The second-order valence-electron chi connectivity index (χ2n) is 4.67. The van der Waals surface area contributed by atoms with Gasteiger partial charge in [-0.2, -0.15) is 0 Å². The molecule has 0 spiro atoms. The first-order chi connectivity index (χ1) is 9.15. The van der Waals surface area contributed by atoms with Crippen LogP contribution in [-0.2, 0) is 6.42 Å². The van der Waals surface area contributed by atoms with Gasteiger partial charge in [0.2, 0.25) is 0 Å². The van der Waals surface area contributed by atoms with Crippen LogP contribution in [0.15, 0.2) is 45.3 Å². The molecule has 1 nitrogen and oxygen atoms in total. The van der Waals surface area contributed by atoms with E-state index < -0.39 is 0 Å². The maximum Gasteiger partial charge on any atom is 0.0520 e. The zero-order chi connectivity index (χ0) is 13.4. The zero-order valence-corrected chi connectivity index (χ0v) is 14.0. The number of halogens is 3. The van der Waals surface area contributed by atoms with Gasteiger partial charge in [0.05, 0.1) is 11.7 Å². The number of hydrogen-bond acceptors (Lipinski definition) is 1. The van der Waals surface area contributed by atoms with E-state index in [1.165, 1.54) is 15.6 Å². The van der Waals surface area contributed by atoms with Gasteiger partial charge in [-0.25, -0.2) is 0 Å². The number of nitrogens with one attached hydrogen (secondary N) is 1. The molecule has 3 rings (SSSR count). The van der Waals surface area contributed by atoms with Crippen LogP contribution in [0.2, 0.25) is 5.02 Å². The highest BCUT2D eigenvalue weighted by atomic mass is 79.9. The summed E-state index contributed by atoms with van der Waals surface area (Å²) in [4.78, 5) is 0. The van der Waals surface area contributed by atoms with Gasteiger partial charge in [0.1, 0.15) is 0 Å². The molecule has 0 saturated carbocycles. The summed E-state index contributed by atoms with van der Waals surface area (Å²) in [6.45, 7) is 0. The molecular weight excluding hydrogens is 389 g/mol. The molecule has 0 amide bonds. The minimum Gasteiger partial charge on any atom is -0.377 e. The van der Waals surface area contributed by atoms with Crippen molar-refractivity contribution in [3.63, 3.8) is 0 Å². The molecule has 4 heteroatoms. The fourth-order valence-corrected chi connectivity index (χ4v) is 3.67. The maximum absolute atomic E-state index is 6.06. The summed E-state index contributed by atoms with van der Waals surface area (Å²) in [6.07, 6.45) is 2.21. The number of hydrogen-bond donors (Lipinski definition) is 1. The van der Waals surface area contributed by atoms with Gasteiger partial charge in [-0.05, 0) is 64.2 Å². The average Bonchev–Trinajstić information content (AvgIpc) is 2.79. The fourth-order valence-electron chi connectivity index (χ4n) is 2.56. The lowest BCUT2D eigenvalue weighted by Crippen LogP contribution is -2.07. The van der Waals surface area contributed by atoms with E-state index in [9.17, 15) is 0 Å². The fraction of sp³-hybridized carbons (Fsp3) is 0.200. The van der Waals surface area contributed by atoms with Crippen LogP contribution in [0.1, 0.15) is 23.6 Å². The molecule has 2 aromatic carbocycles. The minimum absolute atomic E-state index is 0.349. The van der Waals surface area contributed by atoms with E-state index >= 15 is 0 Å². The van der Waals surface area contributed by atoms with Gasteiger partial charge in [-0.3, -0.25) is 0 Å². The molecule has 0 heterocycles. The topological polar surface area (TPSA) is 12.0 Å². The summed E-state index contributed by atoms with van der Waals surface area (Å²) in [5, 5.41) is 4.33. The van der Waals surface area contributed by atoms with Gasteiger partial charge in [0, 0.05) is 14.0 Å². The second kappa shape index (κ2) is 5.47. The predicted octanol–water partition coefficient (Wildman–Crippen LogP) is 5.96. The first-order valence-corrected chi connectivity index (χ1v) is 8.10. The van der Waals surface area contributed by atoms with Crippen LogP contribution in [0, 0.1) is 0 Å². The first-order valence-electron chi connectivity index (χ1n) is 6.14. The number of benzene rings is 2. The van der Waals surface area contributed by atoms with Crippen LogP contribution < -0.4 is 5.32 Å². The normalized spacial score (nSPS) is 17.3. The largest absolute Gasteiger partial charge is 0.377 e. The third kappa shape index (κ3) is 2.69. The highest BCUT2D eigenvalue weighted by molar-refractivity contribution is 9.10. The van der Waals surface area contributed by atoms with E-state index in [4.69, 9.17) is 11.6 Å². The summed E-state index contributed by atoms with van der Waals surface area (Å²) >= 11 is 13.2. The number of anilines is 1.